The Hall–Kier alpha value is -2.57. The van der Waals surface area contributed by atoms with Crippen LogP contribution < -0.4 is 5.32 Å². The molecule has 152 valence electrons. The third-order valence-corrected chi connectivity index (χ3v) is 5.38. The van der Waals surface area contributed by atoms with Crippen molar-refractivity contribution in [2.45, 2.75) is 70.2 Å². The van der Waals surface area contributed by atoms with Crippen molar-refractivity contribution in [3.05, 3.63) is 35.9 Å². The fourth-order valence-corrected chi connectivity index (χ4v) is 4.29. The maximum atomic E-state index is 13.0. The average Bonchev–Trinajstić information content (AvgIpc) is 2.96. The van der Waals surface area contributed by atoms with Crippen molar-refractivity contribution in [3.8, 4) is 0 Å². The maximum absolute atomic E-state index is 13.0. The summed E-state index contributed by atoms with van der Waals surface area (Å²) in [6, 6.07) is 8.20. The molecule has 1 aromatic rings. The minimum atomic E-state index is -0.994. The summed E-state index contributed by atoms with van der Waals surface area (Å²) in [5, 5.41) is 12.3. The van der Waals surface area contributed by atoms with E-state index in [2.05, 4.69) is 5.32 Å². The third-order valence-electron chi connectivity index (χ3n) is 5.38. The van der Waals surface area contributed by atoms with Gasteiger partial charge in [0, 0.05) is 6.04 Å². The molecule has 2 heterocycles. The predicted molar refractivity (Wildman–Crippen MR) is 103 cm³/mol. The maximum Gasteiger partial charge on any atom is 0.408 e. The topological polar surface area (TPSA) is 95.9 Å². The summed E-state index contributed by atoms with van der Waals surface area (Å²) >= 11 is 0. The second-order valence-corrected chi connectivity index (χ2v) is 8.63. The highest BCUT2D eigenvalue weighted by Crippen LogP contribution is 2.38. The van der Waals surface area contributed by atoms with Gasteiger partial charge >= 0.3 is 12.1 Å². The van der Waals surface area contributed by atoms with Crippen LogP contribution in [0.3, 0.4) is 0 Å². The molecule has 0 aliphatic carbocycles. The van der Waals surface area contributed by atoms with Gasteiger partial charge in [0.15, 0.2) is 0 Å². The summed E-state index contributed by atoms with van der Waals surface area (Å²) in [4.78, 5) is 38.4. The first-order valence-corrected chi connectivity index (χ1v) is 9.74. The quantitative estimate of drug-likeness (QED) is 0.827. The van der Waals surface area contributed by atoms with Gasteiger partial charge in [-0.25, -0.2) is 9.59 Å². The zero-order valence-corrected chi connectivity index (χ0v) is 16.6. The van der Waals surface area contributed by atoms with Crippen LogP contribution in [0.25, 0.3) is 0 Å². The highest BCUT2D eigenvalue weighted by atomic mass is 16.6. The molecule has 0 saturated carbocycles. The molecule has 7 nitrogen and oxygen atoms in total. The fourth-order valence-electron chi connectivity index (χ4n) is 4.29. The number of carboxylic acids is 1. The molecule has 2 fully saturated rings. The second kappa shape index (κ2) is 7.81. The van der Waals surface area contributed by atoms with Crippen LogP contribution in [0.1, 0.15) is 45.6 Å². The largest absolute Gasteiger partial charge is 0.480 e. The molecule has 0 bridgehead atoms. The second-order valence-electron chi connectivity index (χ2n) is 8.63. The molecule has 2 saturated heterocycles. The minimum Gasteiger partial charge on any atom is -0.480 e. The van der Waals surface area contributed by atoms with Crippen LogP contribution in [0.2, 0.25) is 0 Å². The summed E-state index contributed by atoms with van der Waals surface area (Å²) in [6.07, 6.45) is 1.66. The van der Waals surface area contributed by atoms with Crippen LogP contribution in [0.5, 0.6) is 0 Å². The zero-order valence-electron chi connectivity index (χ0n) is 16.6. The first-order chi connectivity index (χ1) is 13.2. The van der Waals surface area contributed by atoms with Crippen LogP contribution in [0.4, 0.5) is 4.79 Å². The number of nitrogens with zero attached hydrogens (tertiary/aromatic N) is 1. The highest BCUT2D eigenvalue weighted by Gasteiger charge is 2.51. The van der Waals surface area contributed by atoms with Gasteiger partial charge in [0.1, 0.15) is 17.7 Å². The van der Waals surface area contributed by atoms with Gasteiger partial charge in [-0.05, 0) is 57.9 Å². The zero-order chi connectivity index (χ0) is 20.5. The van der Waals surface area contributed by atoms with E-state index < -0.39 is 29.7 Å². The van der Waals surface area contributed by atoms with E-state index in [1.807, 2.05) is 30.3 Å². The van der Waals surface area contributed by atoms with Crippen molar-refractivity contribution < 1.29 is 24.2 Å². The van der Waals surface area contributed by atoms with E-state index >= 15 is 0 Å². The molecule has 2 N–H and O–H groups in total. The van der Waals surface area contributed by atoms with Crippen molar-refractivity contribution in [1.29, 1.82) is 0 Å². The van der Waals surface area contributed by atoms with Crippen LogP contribution in [0, 0.1) is 5.92 Å². The van der Waals surface area contributed by atoms with Crippen LogP contribution in [-0.2, 0) is 20.7 Å². The Balaban J connectivity index is 1.73. The van der Waals surface area contributed by atoms with Gasteiger partial charge in [0.25, 0.3) is 0 Å². The number of amides is 2. The van der Waals surface area contributed by atoms with Gasteiger partial charge in [0.2, 0.25) is 5.91 Å². The molecule has 0 spiro atoms. The van der Waals surface area contributed by atoms with Crippen molar-refractivity contribution in [1.82, 2.24) is 10.2 Å². The van der Waals surface area contributed by atoms with Gasteiger partial charge in [-0.3, -0.25) is 4.79 Å². The number of piperidine rings is 1. The van der Waals surface area contributed by atoms with E-state index in [0.29, 0.717) is 19.3 Å². The van der Waals surface area contributed by atoms with Gasteiger partial charge in [0.05, 0.1) is 0 Å². The van der Waals surface area contributed by atoms with E-state index in [9.17, 15) is 19.5 Å². The van der Waals surface area contributed by atoms with Crippen molar-refractivity contribution in [3.63, 3.8) is 0 Å². The molecule has 7 heteroatoms. The lowest BCUT2D eigenvalue weighted by Crippen LogP contribution is -2.58. The molecule has 2 amide bonds. The average molecular weight is 388 g/mol. The smallest absolute Gasteiger partial charge is 0.408 e. The lowest BCUT2D eigenvalue weighted by atomic mass is 9.86. The number of hydrogen-bond donors (Lipinski definition) is 2. The van der Waals surface area contributed by atoms with Gasteiger partial charge in [-0.1, -0.05) is 30.3 Å². The van der Waals surface area contributed by atoms with Crippen molar-refractivity contribution in [2.75, 3.05) is 0 Å². The Bertz CT molecular complexity index is 743. The number of hydrogen-bond acceptors (Lipinski definition) is 4. The molecule has 3 rings (SSSR count). The van der Waals surface area contributed by atoms with Crippen LogP contribution in [0.15, 0.2) is 30.3 Å². The first kappa shape index (κ1) is 20.2. The van der Waals surface area contributed by atoms with E-state index in [1.54, 1.807) is 20.8 Å². The van der Waals surface area contributed by atoms with Gasteiger partial charge in [-0.2, -0.15) is 0 Å². The number of benzene rings is 1. The van der Waals surface area contributed by atoms with E-state index in [0.717, 1.165) is 12.0 Å². The standard InChI is InChI=1S/C21H28N2O5/c1-21(2,3)28-20(27)22-15-9-10-16-14(11-13-7-5-4-6-8-13)12-17(19(25)26)23(16)18(15)24/h4-8,14-17H,9-12H2,1-3H3,(H,22,27)(H,25,26)/t14-,15+,16-,17+/m1/s1. The molecule has 0 unspecified atom stereocenters. The SMILES string of the molecule is CC(C)(C)OC(=O)N[C@H]1CC[C@@H]2[C@H](Cc3ccccc3)C[C@@H](C(=O)O)N2C1=O. The monoisotopic (exact) mass is 388 g/mol. The number of carbonyl (C=O) groups is 3. The molecule has 2 aliphatic heterocycles. The molecule has 28 heavy (non-hydrogen) atoms. The molecular formula is C21H28N2O5. The molecule has 2 aliphatic rings. The van der Waals surface area contributed by atoms with Crippen LogP contribution >= 0.6 is 0 Å². The number of carbonyl (C=O) groups excluding carboxylic acids is 2. The fraction of sp³-hybridized carbons (Fsp3) is 0.571. The number of fused-ring (bicyclic) bond motifs is 1. The summed E-state index contributed by atoms with van der Waals surface area (Å²) in [5.41, 5.74) is 0.475. The Morgan fingerprint density at radius 3 is 2.50 bits per heavy atom. The summed E-state index contributed by atoms with van der Waals surface area (Å²) < 4.78 is 5.24. The molecule has 0 aromatic heterocycles. The molecule has 4 atom stereocenters. The third kappa shape index (κ3) is 4.46. The van der Waals surface area contributed by atoms with Gasteiger partial charge in [-0.15, -0.1) is 0 Å². The summed E-state index contributed by atoms with van der Waals surface area (Å²) in [7, 11) is 0. The number of alkyl carbamates (subject to hydrolysis) is 1. The van der Waals surface area contributed by atoms with Gasteiger partial charge < -0.3 is 20.1 Å². The van der Waals surface area contributed by atoms with E-state index in [1.165, 1.54) is 4.90 Å². The minimum absolute atomic E-state index is 0.0925. The number of ether oxygens (including phenoxy) is 1. The summed E-state index contributed by atoms with van der Waals surface area (Å²) in [6.45, 7) is 5.25. The highest BCUT2D eigenvalue weighted by molar-refractivity contribution is 5.90. The molecule has 0 radical (unpaired) electrons. The Labute approximate surface area is 165 Å². The Morgan fingerprint density at radius 2 is 1.89 bits per heavy atom. The normalized spacial score (nSPS) is 27.2. The lowest BCUT2D eigenvalue weighted by molar-refractivity contribution is -0.152. The Kier molecular flexibility index (Phi) is 5.63. The number of carboxylic acid groups (broad SMARTS) is 1. The Morgan fingerprint density at radius 1 is 1.21 bits per heavy atom. The number of rotatable bonds is 4. The molecular weight excluding hydrogens is 360 g/mol. The predicted octanol–water partition coefficient (Wildman–Crippen LogP) is 2.59. The van der Waals surface area contributed by atoms with E-state index in [4.69, 9.17) is 4.74 Å². The molecule has 1 aromatic carbocycles. The van der Waals surface area contributed by atoms with Crippen molar-refractivity contribution in [2.24, 2.45) is 5.92 Å². The summed E-state index contributed by atoms with van der Waals surface area (Å²) in [5.74, 6) is -1.23. The van der Waals surface area contributed by atoms with Crippen LogP contribution in [-0.4, -0.2) is 51.7 Å². The first-order valence-electron chi connectivity index (χ1n) is 9.74. The number of aliphatic carboxylic acids is 1. The lowest BCUT2D eigenvalue weighted by Gasteiger charge is -2.38. The van der Waals surface area contributed by atoms with E-state index in [-0.39, 0.29) is 17.9 Å². The number of nitrogens with one attached hydrogen (secondary N) is 1. The van der Waals surface area contributed by atoms with Crippen molar-refractivity contribution >= 4 is 18.0 Å².